The summed E-state index contributed by atoms with van der Waals surface area (Å²) in [5, 5.41) is 7.68. The normalized spacial score (nSPS) is 12.3. The van der Waals surface area contributed by atoms with Gasteiger partial charge in [-0.05, 0) is 13.0 Å². The number of rotatable bonds is 4. The number of nitrogens with zero attached hydrogens (tertiary/aromatic N) is 5. The second-order valence-corrected chi connectivity index (χ2v) is 5.17. The SMILES string of the molecule is COC(=O)[C@@H](C)n1cnc2c(nnn2Cc2ccccc2F)c1=O. The van der Waals surface area contributed by atoms with Crippen LogP contribution in [0.3, 0.4) is 0 Å². The Morgan fingerprint density at radius 3 is 2.83 bits per heavy atom. The molecule has 0 aliphatic rings. The summed E-state index contributed by atoms with van der Waals surface area (Å²) in [5.41, 5.74) is 0.108. The largest absolute Gasteiger partial charge is 0.467 e. The van der Waals surface area contributed by atoms with Gasteiger partial charge in [-0.1, -0.05) is 23.4 Å². The van der Waals surface area contributed by atoms with Crippen LogP contribution in [0, 0.1) is 5.82 Å². The third kappa shape index (κ3) is 2.64. The quantitative estimate of drug-likeness (QED) is 0.660. The first-order chi connectivity index (χ1) is 11.5. The monoisotopic (exact) mass is 331 g/mol. The molecule has 0 aliphatic heterocycles. The van der Waals surface area contributed by atoms with Crippen LogP contribution in [0.2, 0.25) is 0 Å². The molecule has 0 aliphatic carbocycles. The second-order valence-electron chi connectivity index (χ2n) is 5.17. The predicted octanol–water partition coefficient (Wildman–Crippen LogP) is 0.909. The van der Waals surface area contributed by atoms with Crippen LogP contribution in [-0.2, 0) is 16.1 Å². The van der Waals surface area contributed by atoms with Gasteiger partial charge in [-0.3, -0.25) is 9.36 Å². The molecule has 0 radical (unpaired) electrons. The lowest BCUT2D eigenvalue weighted by molar-refractivity contribution is -0.144. The van der Waals surface area contributed by atoms with Gasteiger partial charge in [-0.25, -0.2) is 18.9 Å². The smallest absolute Gasteiger partial charge is 0.328 e. The van der Waals surface area contributed by atoms with E-state index in [0.29, 0.717) is 5.56 Å². The molecule has 8 nitrogen and oxygen atoms in total. The number of carbonyl (C=O) groups is 1. The topological polar surface area (TPSA) is 91.9 Å². The maximum absolute atomic E-state index is 13.8. The van der Waals surface area contributed by atoms with E-state index in [1.165, 1.54) is 31.1 Å². The zero-order valence-electron chi connectivity index (χ0n) is 13.0. The fourth-order valence-electron chi connectivity index (χ4n) is 2.32. The minimum Gasteiger partial charge on any atom is -0.467 e. The molecule has 2 aromatic heterocycles. The zero-order valence-corrected chi connectivity index (χ0v) is 13.0. The molecule has 0 saturated carbocycles. The van der Waals surface area contributed by atoms with Crippen LogP contribution in [-0.4, -0.2) is 37.6 Å². The van der Waals surface area contributed by atoms with Gasteiger partial charge in [0.15, 0.2) is 11.2 Å². The molecular weight excluding hydrogens is 317 g/mol. The Bertz CT molecular complexity index is 965. The van der Waals surface area contributed by atoms with Crippen molar-refractivity contribution in [1.29, 1.82) is 0 Å². The molecule has 1 aromatic carbocycles. The Labute approximate surface area is 135 Å². The third-order valence-corrected chi connectivity index (χ3v) is 3.69. The minimum atomic E-state index is -0.837. The second kappa shape index (κ2) is 6.19. The highest BCUT2D eigenvalue weighted by atomic mass is 19.1. The molecule has 124 valence electrons. The lowest BCUT2D eigenvalue weighted by Crippen LogP contribution is -2.29. The van der Waals surface area contributed by atoms with E-state index in [0.717, 1.165) is 4.57 Å². The molecule has 3 rings (SSSR count). The van der Waals surface area contributed by atoms with Crippen molar-refractivity contribution >= 4 is 17.1 Å². The van der Waals surface area contributed by atoms with Crippen molar-refractivity contribution in [2.45, 2.75) is 19.5 Å². The van der Waals surface area contributed by atoms with Gasteiger partial charge in [0.2, 0.25) is 0 Å². The standard InChI is InChI=1S/C15H14FN5O3/c1-9(15(23)24-2)20-8-17-13-12(14(20)22)18-19-21(13)7-10-5-3-4-6-11(10)16/h3-6,8-9H,7H2,1-2H3/t9-/m1/s1. The Kier molecular flexibility index (Phi) is 4.07. The molecule has 0 fully saturated rings. The van der Waals surface area contributed by atoms with E-state index in [1.54, 1.807) is 18.2 Å². The summed E-state index contributed by atoms with van der Waals surface area (Å²) in [7, 11) is 1.24. The van der Waals surface area contributed by atoms with E-state index >= 15 is 0 Å². The highest BCUT2D eigenvalue weighted by molar-refractivity contribution is 5.74. The molecule has 0 N–H and O–H groups in total. The summed E-state index contributed by atoms with van der Waals surface area (Å²) in [5.74, 6) is -0.953. The van der Waals surface area contributed by atoms with E-state index in [2.05, 4.69) is 20.0 Å². The molecular formula is C15H14FN5O3. The molecule has 3 aromatic rings. The predicted molar refractivity (Wildman–Crippen MR) is 81.8 cm³/mol. The molecule has 2 heterocycles. The Hall–Kier alpha value is -3.10. The van der Waals surface area contributed by atoms with Crippen LogP contribution in [0.25, 0.3) is 11.2 Å². The maximum atomic E-state index is 13.8. The molecule has 0 amide bonds. The lowest BCUT2D eigenvalue weighted by atomic mass is 10.2. The van der Waals surface area contributed by atoms with Crippen LogP contribution in [0.5, 0.6) is 0 Å². The number of carbonyl (C=O) groups excluding carboxylic acids is 1. The molecule has 0 spiro atoms. The Morgan fingerprint density at radius 1 is 1.38 bits per heavy atom. The van der Waals surface area contributed by atoms with Crippen molar-refractivity contribution in [2.24, 2.45) is 0 Å². The number of hydrogen-bond acceptors (Lipinski definition) is 6. The van der Waals surface area contributed by atoms with Crippen LogP contribution in [0.1, 0.15) is 18.5 Å². The summed E-state index contributed by atoms with van der Waals surface area (Å²) in [6, 6.07) is 5.41. The molecule has 0 saturated heterocycles. The highest BCUT2D eigenvalue weighted by Crippen LogP contribution is 2.12. The van der Waals surface area contributed by atoms with Crippen molar-refractivity contribution in [3.05, 3.63) is 52.3 Å². The minimum absolute atomic E-state index is 0.00425. The fourth-order valence-corrected chi connectivity index (χ4v) is 2.32. The number of methoxy groups -OCH3 is 1. The van der Waals surface area contributed by atoms with E-state index in [9.17, 15) is 14.0 Å². The third-order valence-electron chi connectivity index (χ3n) is 3.69. The van der Waals surface area contributed by atoms with Crippen LogP contribution in [0.4, 0.5) is 4.39 Å². The van der Waals surface area contributed by atoms with Gasteiger partial charge in [-0.2, -0.15) is 0 Å². The zero-order chi connectivity index (χ0) is 17.3. The summed E-state index contributed by atoms with van der Waals surface area (Å²) < 4.78 is 20.8. The van der Waals surface area contributed by atoms with Gasteiger partial charge in [0.25, 0.3) is 5.56 Å². The average Bonchev–Trinajstić information content (AvgIpc) is 3.00. The van der Waals surface area contributed by atoms with E-state index in [1.807, 2.05) is 0 Å². The number of benzene rings is 1. The van der Waals surface area contributed by atoms with Crippen LogP contribution >= 0.6 is 0 Å². The Balaban J connectivity index is 2.03. The average molecular weight is 331 g/mol. The van der Waals surface area contributed by atoms with Crippen LogP contribution < -0.4 is 5.56 Å². The number of hydrogen-bond donors (Lipinski definition) is 0. The number of halogens is 1. The van der Waals surface area contributed by atoms with Crippen molar-refractivity contribution < 1.29 is 13.9 Å². The van der Waals surface area contributed by atoms with Crippen molar-refractivity contribution in [2.75, 3.05) is 7.11 Å². The number of fused-ring (bicyclic) bond motifs is 1. The lowest BCUT2D eigenvalue weighted by Gasteiger charge is -2.11. The molecule has 0 unspecified atom stereocenters. The van der Waals surface area contributed by atoms with E-state index in [4.69, 9.17) is 0 Å². The first kappa shape index (κ1) is 15.8. The van der Waals surface area contributed by atoms with Gasteiger partial charge in [0.1, 0.15) is 18.2 Å². The van der Waals surface area contributed by atoms with Gasteiger partial charge < -0.3 is 4.74 Å². The van der Waals surface area contributed by atoms with Crippen molar-refractivity contribution in [3.63, 3.8) is 0 Å². The first-order valence-electron chi connectivity index (χ1n) is 7.14. The summed E-state index contributed by atoms with van der Waals surface area (Å²) >= 11 is 0. The van der Waals surface area contributed by atoms with E-state index in [-0.39, 0.29) is 23.5 Å². The van der Waals surface area contributed by atoms with Gasteiger partial charge in [0, 0.05) is 5.56 Å². The number of ether oxygens (including phenoxy) is 1. The first-order valence-corrected chi connectivity index (χ1v) is 7.14. The summed E-state index contributed by atoms with van der Waals surface area (Å²) in [4.78, 5) is 28.2. The van der Waals surface area contributed by atoms with Crippen molar-refractivity contribution in [3.8, 4) is 0 Å². The molecule has 24 heavy (non-hydrogen) atoms. The molecule has 1 atom stereocenters. The summed E-state index contributed by atoms with van der Waals surface area (Å²) in [6.07, 6.45) is 1.23. The number of esters is 1. The maximum Gasteiger partial charge on any atom is 0.328 e. The number of aromatic nitrogens is 5. The van der Waals surface area contributed by atoms with Gasteiger partial charge in [-0.15, -0.1) is 5.10 Å². The van der Waals surface area contributed by atoms with Crippen molar-refractivity contribution in [1.82, 2.24) is 24.5 Å². The summed E-state index contributed by atoms with van der Waals surface area (Å²) in [6.45, 7) is 1.61. The molecule has 0 bridgehead atoms. The molecule has 9 heteroatoms. The van der Waals surface area contributed by atoms with Gasteiger partial charge in [0.05, 0.1) is 13.7 Å². The van der Waals surface area contributed by atoms with E-state index < -0.39 is 17.6 Å². The Morgan fingerprint density at radius 2 is 2.12 bits per heavy atom. The van der Waals surface area contributed by atoms with Crippen LogP contribution in [0.15, 0.2) is 35.4 Å². The fraction of sp³-hybridized carbons (Fsp3) is 0.267. The van der Waals surface area contributed by atoms with Gasteiger partial charge >= 0.3 is 5.97 Å². The highest BCUT2D eigenvalue weighted by Gasteiger charge is 2.20.